The van der Waals surface area contributed by atoms with Gasteiger partial charge in [-0.05, 0) is 91.1 Å². The summed E-state index contributed by atoms with van der Waals surface area (Å²) >= 11 is 0. The lowest BCUT2D eigenvalue weighted by atomic mass is 9.95. The highest BCUT2D eigenvalue weighted by Gasteiger charge is 2.45. The Morgan fingerprint density at radius 3 is 1.19 bits per heavy atom. The first-order valence-electron chi connectivity index (χ1n) is 21.9. The van der Waals surface area contributed by atoms with Gasteiger partial charge in [0.15, 0.2) is 23.0 Å². The minimum atomic E-state index is -4.76. The molecule has 0 aliphatic carbocycles. The number of piperazine rings is 2. The second kappa shape index (κ2) is 22.0. The number of benzene rings is 4. The van der Waals surface area contributed by atoms with Gasteiger partial charge in [0.2, 0.25) is 11.5 Å². The van der Waals surface area contributed by atoms with Crippen LogP contribution in [0.15, 0.2) is 72.8 Å². The van der Waals surface area contributed by atoms with Crippen molar-refractivity contribution >= 4 is 32.1 Å². The van der Waals surface area contributed by atoms with Crippen LogP contribution in [0, 0.1) is 0 Å². The molecule has 2 fully saturated rings. The lowest BCUT2D eigenvalue weighted by Gasteiger charge is -2.47. The Bertz CT molecular complexity index is 2490. The van der Waals surface area contributed by atoms with E-state index in [4.69, 9.17) is 28.4 Å². The number of nitrogens with zero attached hydrogens (tertiary/aromatic N) is 4. The summed E-state index contributed by atoms with van der Waals surface area (Å²) in [6, 6.07) is 21.5. The summed E-state index contributed by atoms with van der Waals surface area (Å²) in [5.74, 6) is 0.639. The van der Waals surface area contributed by atoms with Gasteiger partial charge in [-0.25, -0.2) is 0 Å². The number of ether oxygens (including phenoxy) is 6. The summed E-state index contributed by atoms with van der Waals surface area (Å²) < 4.78 is 104. The maximum absolute atomic E-state index is 13.8. The standard InChI is InChI=1S/C47H60N4O14S2/c1-7-64-43-39(60-3)27-37(28-40(43)61-4)33-9-13-35(14-10-33)45(52)49-21-19-48(20-22-49)18-17-47(31-66(54,55)56,32-67(57,58)59)51-25-23-50(24-26-51)46(53)36-15-11-34(12-16-36)38-29-41(62-5)44(65-8-2)42(30-38)63-6/h9-16,27-30H,7-8,17-26,31-32H2,1-6H3,(H,54,55,56)(H,57,58,59). The molecule has 2 heterocycles. The van der Waals surface area contributed by atoms with Crippen molar-refractivity contribution in [2.75, 3.05) is 112 Å². The third kappa shape index (κ3) is 12.5. The van der Waals surface area contributed by atoms with Crippen LogP contribution in [0.4, 0.5) is 0 Å². The molecular formula is C47H60N4O14S2. The van der Waals surface area contributed by atoms with E-state index < -0.39 is 37.3 Å². The fourth-order valence-corrected chi connectivity index (χ4v) is 11.1. The third-order valence-corrected chi connectivity index (χ3v) is 13.9. The van der Waals surface area contributed by atoms with Gasteiger partial charge in [0.25, 0.3) is 32.1 Å². The SMILES string of the molecule is CCOc1c(OC)cc(-c2ccc(C(=O)N3CCN(CCC(CS(=O)(=O)O)(CS(=O)(=O)O)N4CCN(C(=O)c5ccc(-c6cc(OC)c(OCC)c(OC)c6)cc5)CC4)CC3)cc2)cc1OC. The van der Waals surface area contributed by atoms with Gasteiger partial charge in [-0.1, -0.05) is 24.3 Å². The molecule has 67 heavy (non-hydrogen) atoms. The van der Waals surface area contributed by atoms with Gasteiger partial charge in [0, 0.05) is 70.0 Å². The average Bonchev–Trinajstić information content (AvgIpc) is 3.32. The van der Waals surface area contributed by atoms with E-state index in [9.17, 15) is 35.5 Å². The van der Waals surface area contributed by atoms with Gasteiger partial charge < -0.3 is 38.2 Å². The largest absolute Gasteiger partial charge is 0.493 e. The number of rotatable bonds is 20. The monoisotopic (exact) mass is 968 g/mol. The van der Waals surface area contributed by atoms with Crippen molar-refractivity contribution in [1.29, 1.82) is 0 Å². The summed E-state index contributed by atoms with van der Waals surface area (Å²) in [6.45, 7) is 6.68. The van der Waals surface area contributed by atoms with Gasteiger partial charge >= 0.3 is 0 Å². The summed E-state index contributed by atoms with van der Waals surface area (Å²) in [7, 11) is -3.35. The summed E-state index contributed by atoms with van der Waals surface area (Å²) in [5, 5.41) is 0. The maximum atomic E-state index is 13.8. The smallest absolute Gasteiger partial charge is 0.266 e. The molecule has 4 aromatic rings. The van der Waals surface area contributed by atoms with Crippen LogP contribution in [0.1, 0.15) is 41.0 Å². The van der Waals surface area contributed by atoms with E-state index in [1.165, 1.54) is 14.2 Å². The van der Waals surface area contributed by atoms with Crippen LogP contribution >= 0.6 is 0 Å². The Labute approximate surface area is 392 Å². The molecule has 0 saturated carbocycles. The van der Waals surface area contributed by atoms with Gasteiger partial charge in [-0.3, -0.25) is 28.5 Å². The second-order valence-corrected chi connectivity index (χ2v) is 19.2. The molecule has 0 aromatic heterocycles. The molecule has 20 heteroatoms. The Kier molecular flexibility index (Phi) is 16.7. The van der Waals surface area contributed by atoms with Crippen molar-refractivity contribution in [3.63, 3.8) is 0 Å². The van der Waals surface area contributed by atoms with E-state index >= 15 is 0 Å². The first-order chi connectivity index (χ1) is 31.9. The molecule has 364 valence electrons. The highest BCUT2D eigenvalue weighted by Crippen LogP contribution is 2.43. The minimum absolute atomic E-state index is 0.0559. The molecule has 0 radical (unpaired) electrons. The van der Waals surface area contributed by atoms with E-state index in [1.54, 1.807) is 65.3 Å². The quantitative estimate of drug-likeness (QED) is 0.112. The fourth-order valence-electron chi connectivity index (χ4n) is 8.77. The lowest BCUT2D eigenvalue weighted by molar-refractivity contribution is 0.0316. The lowest BCUT2D eigenvalue weighted by Crippen LogP contribution is -2.64. The van der Waals surface area contributed by atoms with E-state index in [-0.39, 0.29) is 51.0 Å². The number of hydrogen-bond donors (Lipinski definition) is 2. The Morgan fingerprint density at radius 1 is 0.537 bits per heavy atom. The number of hydrogen-bond acceptors (Lipinski definition) is 14. The molecule has 6 rings (SSSR count). The number of amides is 2. The van der Waals surface area contributed by atoms with Crippen LogP contribution in [-0.2, 0) is 20.2 Å². The zero-order valence-electron chi connectivity index (χ0n) is 38.7. The number of methoxy groups -OCH3 is 4. The van der Waals surface area contributed by atoms with Gasteiger partial charge in [0.1, 0.15) is 0 Å². The molecule has 2 aliphatic rings. The normalized spacial score (nSPS) is 15.2. The highest BCUT2D eigenvalue weighted by molar-refractivity contribution is 7.86. The van der Waals surface area contributed by atoms with Crippen molar-refractivity contribution in [3.8, 4) is 56.8 Å². The van der Waals surface area contributed by atoms with E-state index in [2.05, 4.69) is 0 Å². The van der Waals surface area contributed by atoms with Crippen molar-refractivity contribution in [2.45, 2.75) is 25.8 Å². The Balaban J connectivity index is 1.09. The van der Waals surface area contributed by atoms with Crippen LogP contribution in [0.25, 0.3) is 22.3 Å². The van der Waals surface area contributed by atoms with Crippen LogP contribution in [0.3, 0.4) is 0 Å². The highest BCUT2D eigenvalue weighted by atomic mass is 32.2. The molecule has 0 spiro atoms. The van der Waals surface area contributed by atoms with E-state index in [0.717, 1.165) is 22.3 Å². The van der Waals surface area contributed by atoms with Crippen molar-refractivity contribution in [2.24, 2.45) is 0 Å². The van der Waals surface area contributed by atoms with Crippen molar-refractivity contribution in [1.82, 2.24) is 19.6 Å². The summed E-state index contributed by atoms with van der Waals surface area (Å²) in [6.07, 6.45) is -0.0559. The van der Waals surface area contributed by atoms with E-state index in [0.29, 0.717) is 85.0 Å². The van der Waals surface area contributed by atoms with Gasteiger partial charge in [-0.2, -0.15) is 16.8 Å². The fraction of sp³-hybridized carbons (Fsp3) is 0.447. The molecule has 2 N–H and O–H groups in total. The first kappa shape index (κ1) is 50.8. The molecule has 0 atom stereocenters. The molecule has 0 unspecified atom stereocenters. The first-order valence-corrected chi connectivity index (χ1v) is 25.1. The zero-order valence-corrected chi connectivity index (χ0v) is 40.4. The van der Waals surface area contributed by atoms with Crippen LogP contribution in [0.5, 0.6) is 34.5 Å². The molecular weight excluding hydrogens is 909 g/mol. The van der Waals surface area contributed by atoms with Gasteiger partial charge in [-0.15, -0.1) is 0 Å². The molecule has 18 nitrogen and oxygen atoms in total. The van der Waals surface area contributed by atoms with Crippen LogP contribution in [-0.4, -0.2) is 175 Å². The van der Waals surface area contributed by atoms with E-state index in [1.807, 2.05) is 55.1 Å². The minimum Gasteiger partial charge on any atom is -0.493 e. The number of carbonyl (C=O) groups excluding carboxylic acids is 2. The van der Waals surface area contributed by atoms with Crippen molar-refractivity contribution in [3.05, 3.63) is 83.9 Å². The molecule has 2 aliphatic heterocycles. The van der Waals surface area contributed by atoms with Crippen LogP contribution < -0.4 is 28.4 Å². The predicted octanol–water partition coefficient (Wildman–Crippen LogP) is 4.97. The van der Waals surface area contributed by atoms with Crippen LogP contribution in [0.2, 0.25) is 0 Å². The molecule has 4 aromatic carbocycles. The van der Waals surface area contributed by atoms with Gasteiger partial charge in [0.05, 0.1) is 58.7 Å². The Morgan fingerprint density at radius 2 is 0.881 bits per heavy atom. The average molecular weight is 969 g/mol. The predicted molar refractivity (Wildman–Crippen MR) is 252 cm³/mol. The third-order valence-electron chi connectivity index (χ3n) is 12.1. The molecule has 0 bridgehead atoms. The molecule has 2 amide bonds. The second-order valence-electron chi connectivity index (χ2n) is 16.3. The number of carbonyl (C=O) groups is 2. The molecule has 2 saturated heterocycles. The maximum Gasteiger partial charge on any atom is 0.266 e. The zero-order chi connectivity index (χ0) is 48.5. The topological polar surface area (TPSA) is 211 Å². The summed E-state index contributed by atoms with van der Waals surface area (Å²) in [5.41, 5.74) is 2.39. The van der Waals surface area contributed by atoms with Crippen molar-refractivity contribution < 1.29 is 64.0 Å². The summed E-state index contributed by atoms with van der Waals surface area (Å²) in [4.78, 5) is 34.3. The Hall–Kier alpha value is -5.64.